The van der Waals surface area contributed by atoms with Gasteiger partial charge in [-0.1, -0.05) is 30.3 Å². The molecule has 1 aliphatic rings. The number of hydrogen-bond acceptors (Lipinski definition) is 2. The van der Waals surface area contributed by atoms with Crippen molar-refractivity contribution in [3.05, 3.63) is 58.3 Å². The summed E-state index contributed by atoms with van der Waals surface area (Å²) in [5.74, 6) is 0.706. The van der Waals surface area contributed by atoms with E-state index in [-0.39, 0.29) is 0 Å². The summed E-state index contributed by atoms with van der Waals surface area (Å²) in [4.78, 5) is 0. The van der Waals surface area contributed by atoms with Gasteiger partial charge in [0.15, 0.2) is 0 Å². The molecule has 0 aliphatic heterocycles. The molecule has 1 nitrogen and oxygen atoms in total. The summed E-state index contributed by atoms with van der Waals surface area (Å²) in [5, 5.41) is 8.16. The minimum absolute atomic E-state index is 0.706. The maximum Gasteiger partial charge on any atom is 0.00683 e. The molecule has 1 N–H and O–H groups in total. The average Bonchev–Trinajstić information content (AvgIpc) is 3.13. The first kappa shape index (κ1) is 12.9. The highest BCUT2D eigenvalue weighted by molar-refractivity contribution is 7.07. The zero-order valence-corrected chi connectivity index (χ0v) is 12.0. The van der Waals surface area contributed by atoms with E-state index in [1.54, 1.807) is 11.3 Å². The van der Waals surface area contributed by atoms with E-state index < -0.39 is 0 Å². The van der Waals surface area contributed by atoms with E-state index in [9.17, 15) is 0 Å². The van der Waals surface area contributed by atoms with Crippen LogP contribution in [0.15, 0.2) is 47.2 Å². The molecular weight excluding hydrogens is 250 g/mol. The van der Waals surface area contributed by atoms with Crippen LogP contribution in [0.4, 0.5) is 0 Å². The van der Waals surface area contributed by atoms with Crippen molar-refractivity contribution >= 4 is 11.3 Å². The van der Waals surface area contributed by atoms with E-state index in [0.717, 1.165) is 12.6 Å². The number of nitrogens with one attached hydrogen (secondary N) is 1. The Kier molecular flexibility index (Phi) is 4.31. The van der Waals surface area contributed by atoms with Crippen LogP contribution in [0.5, 0.6) is 0 Å². The highest BCUT2D eigenvalue weighted by Crippen LogP contribution is 2.21. The van der Waals surface area contributed by atoms with E-state index in [1.807, 2.05) is 0 Å². The van der Waals surface area contributed by atoms with Crippen molar-refractivity contribution in [2.75, 3.05) is 6.54 Å². The van der Waals surface area contributed by atoms with Crippen molar-refractivity contribution in [1.29, 1.82) is 0 Å². The normalized spacial score (nSPS) is 16.4. The molecule has 2 aromatic rings. The lowest BCUT2D eigenvalue weighted by atomic mass is 9.93. The largest absolute Gasteiger partial charge is 0.314 e. The molecule has 1 heterocycles. The molecule has 100 valence electrons. The van der Waals surface area contributed by atoms with Gasteiger partial charge in [0, 0.05) is 6.04 Å². The number of thiophene rings is 1. The first-order valence-electron chi connectivity index (χ1n) is 7.18. The molecule has 1 saturated carbocycles. The summed E-state index contributed by atoms with van der Waals surface area (Å²) < 4.78 is 0. The lowest BCUT2D eigenvalue weighted by Crippen LogP contribution is -2.27. The zero-order valence-electron chi connectivity index (χ0n) is 11.2. The molecule has 2 heteroatoms. The molecule has 1 unspecified atom stereocenters. The first-order valence-corrected chi connectivity index (χ1v) is 8.13. The second kappa shape index (κ2) is 6.36. The maximum atomic E-state index is 3.69. The minimum Gasteiger partial charge on any atom is -0.314 e. The van der Waals surface area contributed by atoms with Gasteiger partial charge in [-0.15, -0.1) is 0 Å². The molecule has 0 amide bonds. The van der Waals surface area contributed by atoms with Gasteiger partial charge >= 0.3 is 0 Å². The minimum atomic E-state index is 0.706. The Morgan fingerprint density at radius 1 is 1.05 bits per heavy atom. The van der Waals surface area contributed by atoms with Crippen LogP contribution in [-0.4, -0.2) is 12.6 Å². The van der Waals surface area contributed by atoms with Crippen LogP contribution in [0.25, 0.3) is 0 Å². The van der Waals surface area contributed by atoms with Gasteiger partial charge in [0.1, 0.15) is 0 Å². The topological polar surface area (TPSA) is 12.0 Å². The third kappa shape index (κ3) is 4.19. The molecule has 0 radical (unpaired) electrons. The smallest absolute Gasteiger partial charge is 0.00683 e. The Morgan fingerprint density at radius 3 is 2.53 bits per heavy atom. The lowest BCUT2D eigenvalue weighted by Gasteiger charge is -2.17. The summed E-state index contributed by atoms with van der Waals surface area (Å²) in [7, 11) is 0. The molecular formula is C17H21NS. The van der Waals surface area contributed by atoms with E-state index in [0.29, 0.717) is 5.92 Å². The molecule has 1 aromatic carbocycles. The SMILES string of the molecule is c1ccc(CC(CNC2CC2)Cc2ccsc2)cc1. The molecule has 1 aliphatic carbocycles. The van der Waals surface area contributed by atoms with Gasteiger partial charge in [0.2, 0.25) is 0 Å². The second-order valence-corrected chi connectivity index (χ2v) is 6.35. The van der Waals surface area contributed by atoms with Crippen LogP contribution in [0.1, 0.15) is 24.0 Å². The standard InChI is InChI=1S/C17H21NS/c1-2-4-14(5-3-1)10-16(12-18-17-6-7-17)11-15-8-9-19-13-15/h1-5,8-9,13,16-18H,6-7,10-12H2. The van der Waals surface area contributed by atoms with Gasteiger partial charge in [-0.2, -0.15) is 11.3 Å². The fourth-order valence-corrected chi connectivity index (χ4v) is 3.21. The van der Waals surface area contributed by atoms with E-state index in [1.165, 1.54) is 36.8 Å². The third-order valence-corrected chi connectivity index (χ3v) is 4.48. The van der Waals surface area contributed by atoms with Crippen molar-refractivity contribution < 1.29 is 0 Å². The Balaban J connectivity index is 1.60. The molecule has 1 fully saturated rings. The van der Waals surface area contributed by atoms with Crippen molar-refractivity contribution in [1.82, 2.24) is 5.32 Å². The Bertz CT molecular complexity index is 473. The van der Waals surface area contributed by atoms with Crippen LogP contribution in [0.2, 0.25) is 0 Å². The summed E-state index contributed by atoms with van der Waals surface area (Å²) >= 11 is 1.80. The van der Waals surface area contributed by atoms with Crippen molar-refractivity contribution in [2.45, 2.75) is 31.7 Å². The Hall–Kier alpha value is -1.12. The predicted molar refractivity (Wildman–Crippen MR) is 82.7 cm³/mol. The average molecular weight is 271 g/mol. The summed E-state index contributed by atoms with van der Waals surface area (Å²) in [6.45, 7) is 1.15. The molecule has 19 heavy (non-hydrogen) atoms. The van der Waals surface area contributed by atoms with Crippen LogP contribution in [0.3, 0.4) is 0 Å². The van der Waals surface area contributed by atoms with Crippen LogP contribution < -0.4 is 5.32 Å². The molecule has 0 saturated heterocycles. The zero-order chi connectivity index (χ0) is 12.9. The van der Waals surface area contributed by atoms with Crippen LogP contribution in [-0.2, 0) is 12.8 Å². The van der Waals surface area contributed by atoms with E-state index in [2.05, 4.69) is 52.5 Å². The summed E-state index contributed by atoms with van der Waals surface area (Å²) in [5.41, 5.74) is 2.95. The van der Waals surface area contributed by atoms with Crippen molar-refractivity contribution in [3.63, 3.8) is 0 Å². The quantitative estimate of drug-likeness (QED) is 0.805. The van der Waals surface area contributed by atoms with E-state index >= 15 is 0 Å². The molecule has 3 rings (SSSR count). The molecule has 0 spiro atoms. The first-order chi connectivity index (χ1) is 9.40. The van der Waals surface area contributed by atoms with Gasteiger partial charge in [-0.25, -0.2) is 0 Å². The predicted octanol–water partition coefficient (Wildman–Crippen LogP) is 3.90. The van der Waals surface area contributed by atoms with Gasteiger partial charge in [-0.05, 0) is 66.1 Å². The molecule has 1 atom stereocenters. The van der Waals surface area contributed by atoms with E-state index in [4.69, 9.17) is 0 Å². The monoisotopic (exact) mass is 271 g/mol. The van der Waals surface area contributed by atoms with Crippen LogP contribution in [0, 0.1) is 5.92 Å². The van der Waals surface area contributed by atoms with Crippen molar-refractivity contribution in [2.24, 2.45) is 5.92 Å². The van der Waals surface area contributed by atoms with Gasteiger partial charge in [0.25, 0.3) is 0 Å². The van der Waals surface area contributed by atoms with Gasteiger partial charge in [-0.3, -0.25) is 0 Å². The maximum absolute atomic E-state index is 3.69. The second-order valence-electron chi connectivity index (χ2n) is 5.57. The number of hydrogen-bond donors (Lipinski definition) is 1. The number of benzene rings is 1. The molecule has 0 bridgehead atoms. The van der Waals surface area contributed by atoms with Crippen molar-refractivity contribution in [3.8, 4) is 0 Å². The summed E-state index contributed by atoms with van der Waals surface area (Å²) in [6.07, 6.45) is 5.11. The molecule has 1 aromatic heterocycles. The number of rotatable bonds is 7. The lowest BCUT2D eigenvalue weighted by molar-refractivity contribution is 0.469. The van der Waals surface area contributed by atoms with Crippen LogP contribution >= 0.6 is 11.3 Å². The third-order valence-electron chi connectivity index (χ3n) is 3.74. The fraction of sp³-hybridized carbons (Fsp3) is 0.412. The summed E-state index contributed by atoms with van der Waals surface area (Å²) in [6, 6.07) is 14.0. The highest BCUT2D eigenvalue weighted by Gasteiger charge is 2.22. The highest BCUT2D eigenvalue weighted by atomic mass is 32.1. The Labute approximate surface area is 119 Å². The fourth-order valence-electron chi connectivity index (χ4n) is 2.53. The van der Waals surface area contributed by atoms with Gasteiger partial charge in [0.05, 0.1) is 0 Å². The van der Waals surface area contributed by atoms with Gasteiger partial charge < -0.3 is 5.32 Å². The Morgan fingerprint density at radius 2 is 1.84 bits per heavy atom.